The number of benzene rings is 1. The van der Waals surface area contributed by atoms with Crippen LogP contribution in [-0.4, -0.2) is 12.6 Å². The first kappa shape index (κ1) is 15.6. The van der Waals surface area contributed by atoms with Crippen LogP contribution in [0.25, 0.3) is 0 Å². The summed E-state index contributed by atoms with van der Waals surface area (Å²) >= 11 is 3.23. The summed E-state index contributed by atoms with van der Waals surface area (Å²) in [5.41, 5.74) is 1.20. The molecular formula is C15H23BrFN. The van der Waals surface area contributed by atoms with Gasteiger partial charge < -0.3 is 5.32 Å². The van der Waals surface area contributed by atoms with Crippen LogP contribution in [0.4, 0.5) is 4.39 Å². The molecule has 0 radical (unpaired) electrons. The SMILES string of the molecule is CCCNC(CC)CCCc1ccc(F)c(Br)c1. The van der Waals surface area contributed by atoms with E-state index in [4.69, 9.17) is 0 Å². The van der Waals surface area contributed by atoms with Crippen molar-refractivity contribution in [2.24, 2.45) is 0 Å². The van der Waals surface area contributed by atoms with Gasteiger partial charge in [-0.05, 0) is 72.3 Å². The van der Waals surface area contributed by atoms with Crippen LogP contribution in [0.2, 0.25) is 0 Å². The second-order valence-electron chi connectivity index (χ2n) is 4.70. The molecule has 0 bridgehead atoms. The van der Waals surface area contributed by atoms with Gasteiger partial charge in [-0.3, -0.25) is 0 Å². The molecule has 1 unspecified atom stereocenters. The van der Waals surface area contributed by atoms with Crippen molar-refractivity contribution in [2.45, 2.75) is 52.0 Å². The maximum Gasteiger partial charge on any atom is 0.137 e. The fraction of sp³-hybridized carbons (Fsp3) is 0.600. The van der Waals surface area contributed by atoms with E-state index >= 15 is 0 Å². The highest BCUT2D eigenvalue weighted by Gasteiger charge is 2.05. The summed E-state index contributed by atoms with van der Waals surface area (Å²) in [7, 11) is 0. The van der Waals surface area contributed by atoms with Gasteiger partial charge >= 0.3 is 0 Å². The molecule has 0 fully saturated rings. The molecule has 0 spiro atoms. The number of nitrogens with one attached hydrogen (secondary N) is 1. The number of halogens is 2. The topological polar surface area (TPSA) is 12.0 Å². The van der Waals surface area contributed by atoms with Crippen molar-refractivity contribution < 1.29 is 4.39 Å². The third-order valence-electron chi connectivity index (χ3n) is 3.18. The van der Waals surface area contributed by atoms with Crippen molar-refractivity contribution in [1.82, 2.24) is 5.32 Å². The molecule has 0 saturated heterocycles. The van der Waals surface area contributed by atoms with Crippen LogP contribution in [0.3, 0.4) is 0 Å². The lowest BCUT2D eigenvalue weighted by Crippen LogP contribution is -2.29. The van der Waals surface area contributed by atoms with Gasteiger partial charge in [0, 0.05) is 6.04 Å². The van der Waals surface area contributed by atoms with Crippen LogP contribution in [0, 0.1) is 5.82 Å². The molecule has 3 heteroatoms. The van der Waals surface area contributed by atoms with Crippen LogP contribution in [0.15, 0.2) is 22.7 Å². The van der Waals surface area contributed by atoms with Gasteiger partial charge in [-0.2, -0.15) is 0 Å². The van der Waals surface area contributed by atoms with E-state index in [0.717, 1.165) is 19.4 Å². The van der Waals surface area contributed by atoms with E-state index in [9.17, 15) is 4.39 Å². The Labute approximate surface area is 118 Å². The van der Waals surface area contributed by atoms with Crippen molar-refractivity contribution in [2.75, 3.05) is 6.54 Å². The van der Waals surface area contributed by atoms with Crippen molar-refractivity contribution in [3.8, 4) is 0 Å². The monoisotopic (exact) mass is 315 g/mol. The first-order valence-electron chi connectivity index (χ1n) is 6.84. The highest BCUT2D eigenvalue weighted by atomic mass is 79.9. The minimum absolute atomic E-state index is 0.185. The summed E-state index contributed by atoms with van der Waals surface area (Å²) in [5.74, 6) is -0.185. The third kappa shape index (κ3) is 5.49. The second kappa shape index (κ2) is 8.65. The Morgan fingerprint density at radius 1 is 1.33 bits per heavy atom. The first-order chi connectivity index (χ1) is 8.67. The Bertz CT molecular complexity index is 354. The van der Waals surface area contributed by atoms with E-state index in [0.29, 0.717) is 10.5 Å². The molecule has 0 heterocycles. The Kier molecular flexibility index (Phi) is 7.52. The molecule has 0 aliphatic heterocycles. The number of hydrogen-bond donors (Lipinski definition) is 1. The van der Waals surface area contributed by atoms with E-state index in [1.807, 2.05) is 12.1 Å². The molecule has 1 atom stereocenters. The summed E-state index contributed by atoms with van der Waals surface area (Å²) in [5, 5.41) is 3.56. The standard InChI is InChI=1S/C15H23BrFN/c1-3-10-18-13(4-2)7-5-6-12-8-9-15(17)14(16)11-12/h8-9,11,13,18H,3-7,10H2,1-2H3. The third-order valence-corrected chi connectivity index (χ3v) is 3.79. The van der Waals surface area contributed by atoms with Gasteiger partial charge in [0.25, 0.3) is 0 Å². The van der Waals surface area contributed by atoms with Crippen molar-refractivity contribution in [3.05, 3.63) is 34.1 Å². The molecule has 1 rings (SSSR count). The summed E-state index contributed by atoms with van der Waals surface area (Å²) < 4.78 is 13.7. The normalized spacial score (nSPS) is 12.7. The molecule has 18 heavy (non-hydrogen) atoms. The van der Waals surface area contributed by atoms with Crippen LogP contribution in [-0.2, 0) is 6.42 Å². The zero-order chi connectivity index (χ0) is 13.4. The van der Waals surface area contributed by atoms with Crippen LogP contribution >= 0.6 is 15.9 Å². The number of hydrogen-bond acceptors (Lipinski definition) is 1. The summed E-state index contributed by atoms with van der Waals surface area (Å²) in [4.78, 5) is 0. The van der Waals surface area contributed by atoms with Crippen LogP contribution in [0.1, 0.15) is 45.1 Å². The maximum absolute atomic E-state index is 13.1. The minimum Gasteiger partial charge on any atom is -0.314 e. The highest BCUT2D eigenvalue weighted by molar-refractivity contribution is 9.10. The first-order valence-corrected chi connectivity index (χ1v) is 7.64. The molecule has 0 aromatic heterocycles. The van der Waals surface area contributed by atoms with E-state index in [1.165, 1.54) is 30.9 Å². The largest absolute Gasteiger partial charge is 0.314 e. The predicted molar refractivity (Wildman–Crippen MR) is 79.4 cm³/mol. The van der Waals surface area contributed by atoms with Gasteiger partial charge in [-0.1, -0.05) is 19.9 Å². The van der Waals surface area contributed by atoms with Gasteiger partial charge in [-0.15, -0.1) is 0 Å². The Hall–Kier alpha value is -0.410. The lowest BCUT2D eigenvalue weighted by atomic mass is 10.0. The Morgan fingerprint density at radius 3 is 2.72 bits per heavy atom. The second-order valence-corrected chi connectivity index (χ2v) is 5.55. The molecule has 102 valence electrons. The predicted octanol–water partition coefficient (Wildman–Crippen LogP) is 4.69. The lowest BCUT2D eigenvalue weighted by Gasteiger charge is -2.16. The smallest absolute Gasteiger partial charge is 0.137 e. The molecule has 1 nitrogen and oxygen atoms in total. The zero-order valence-electron chi connectivity index (χ0n) is 11.3. The molecular weight excluding hydrogens is 293 g/mol. The van der Waals surface area contributed by atoms with Gasteiger partial charge in [0.05, 0.1) is 4.47 Å². The average molecular weight is 316 g/mol. The lowest BCUT2D eigenvalue weighted by molar-refractivity contribution is 0.456. The molecule has 0 aliphatic carbocycles. The summed E-state index contributed by atoms with van der Waals surface area (Å²) in [6.07, 6.45) is 5.70. The van der Waals surface area contributed by atoms with Crippen LogP contribution in [0.5, 0.6) is 0 Å². The van der Waals surface area contributed by atoms with Gasteiger partial charge in [0.1, 0.15) is 5.82 Å². The minimum atomic E-state index is -0.185. The molecule has 1 aromatic carbocycles. The van der Waals surface area contributed by atoms with Crippen molar-refractivity contribution in [3.63, 3.8) is 0 Å². The quantitative estimate of drug-likeness (QED) is 0.734. The fourth-order valence-corrected chi connectivity index (χ4v) is 2.47. The molecule has 1 aromatic rings. The van der Waals surface area contributed by atoms with Crippen molar-refractivity contribution in [1.29, 1.82) is 0 Å². The zero-order valence-corrected chi connectivity index (χ0v) is 12.9. The Balaban J connectivity index is 2.33. The highest BCUT2D eigenvalue weighted by Crippen LogP contribution is 2.18. The van der Waals surface area contributed by atoms with Gasteiger partial charge in [-0.25, -0.2) is 4.39 Å². The molecule has 0 saturated carbocycles. The number of rotatable bonds is 8. The van der Waals surface area contributed by atoms with E-state index < -0.39 is 0 Å². The number of aryl methyl sites for hydroxylation is 1. The molecule has 0 amide bonds. The maximum atomic E-state index is 13.1. The summed E-state index contributed by atoms with van der Waals surface area (Å²) in [6.45, 7) is 5.51. The van der Waals surface area contributed by atoms with Gasteiger partial charge in [0.15, 0.2) is 0 Å². The van der Waals surface area contributed by atoms with E-state index in [2.05, 4.69) is 35.1 Å². The molecule has 0 aliphatic rings. The summed E-state index contributed by atoms with van der Waals surface area (Å²) in [6, 6.07) is 5.91. The van der Waals surface area contributed by atoms with Gasteiger partial charge in [0.2, 0.25) is 0 Å². The van der Waals surface area contributed by atoms with Crippen molar-refractivity contribution >= 4 is 15.9 Å². The van der Waals surface area contributed by atoms with E-state index in [1.54, 1.807) is 0 Å². The van der Waals surface area contributed by atoms with Crippen LogP contribution < -0.4 is 5.32 Å². The average Bonchev–Trinajstić information content (AvgIpc) is 2.37. The van der Waals surface area contributed by atoms with E-state index in [-0.39, 0.29) is 5.82 Å². The Morgan fingerprint density at radius 2 is 2.11 bits per heavy atom. The fourth-order valence-electron chi connectivity index (χ4n) is 2.05. The molecule has 1 N–H and O–H groups in total.